The number of amides is 1. The topological polar surface area (TPSA) is 73.6 Å². The standard InChI is InChI=1S/C20H26N2O3.ClH/c1-13(14(2)21)20(23)22-19(15-7-5-9-17(11-15)24-3)16-8-6-10-18(12-16)25-4;/h5-14,19H,21H2,1-4H3,(H,22,23);1H. The maximum absolute atomic E-state index is 12.6. The molecule has 0 bridgehead atoms. The molecule has 0 spiro atoms. The van der Waals surface area contributed by atoms with Crippen LogP contribution >= 0.6 is 12.4 Å². The van der Waals surface area contributed by atoms with Crippen LogP contribution in [0.3, 0.4) is 0 Å². The predicted octanol–water partition coefficient (Wildman–Crippen LogP) is 3.31. The molecule has 0 aliphatic rings. The van der Waals surface area contributed by atoms with Gasteiger partial charge in [-0.3, -0.25) is 4.79 Å². The smallest absolute Gasteiger partial charge is 0.225 e. The van der Waals surface area contributed by atoms with E-state index in [0.29, 0.717) is 0 Å². The number of benzene rings is 2. The fourth-order valence-corrected chi connectivity index (χ4v) is 2.51. The van der Waals surface area contributed by atoms with Crippen molar-refractivity contribution in [3.63, 3.8) is 0 Å². The zero-order chi connectivity index (χ0) is 18.4. The SMILES string of the molecule is COc1cccc(C(NC(=O)C(C)C(C)N)c2cccc(OC)c2)c1.Cl. The van der Waals surface area contributed by atoms with Crippen LogP contribution in [0.4, 0.5) is 0 Å². The van der Waals surface area contributed by atoms with E-state index in [1.165, 1.54) is 0 Å². The van der Waals surface area contributed by atoms with Gasteiger partial charge >= 0.3 is 0 Å². The van der Waals surface area contributed by atoms with Gasteiger partial charge in [-0.25, -0.2) is 0 Å². The van der Waals surface area contributed by atoms with Gasteiger partial charge in [0.1, 0.15) is 11.5 Å². The van der Waals surface area contributed by atoms with E-state index >= 15 is 0 Å². The summed E-state index contributed by atoms with van der Waals surface area (Å²) in [5, 5.41) is 3.10. The maximum Gasteiger partial charge on any atom is 0.225 e. The molecule has 5 nitrogen and oxygen atoms in total. The third kappa shape index (κ3) is 5.38. The number of carbonyl (C=O) groups is 1. The second-order valence-electron chi connectivity index (χ2n) is 6.14. The Bertz CT molecular complexity index is 674. The summed E-state index contributed by atoms with van der Waals surface area (Å²) in [6.07, 6.45) is 0. The second kappa shape index (κ2) is 10.0. The minimum Gasteiger partial charge on any atom is -0.497 e. The number of halogens is 1. The Balaban J connectivity index is 0.00000338. The highest BCUT2D eigenvalue weighted by Crippen LogP contribution is 2.28. The molecule has 0 saturated heterocycles. The molecule has 0 aromatic heterocycles. The molecule has 0 saturated carbocycles. The normalized spacial score (nSPS) is 12.7. The van der Waals surface area contributed by atoms with Crippen molar-refractivity contribution in [1.29, 1.82) is 0 Å². The first kappa shape index (κ1) is 21.8. The van der Waals surface area contributed by atoms with Crippen LogP contribution in [0.5, 0.6) is 11.5 Å². The van der Waals surface area contributed by atoms with Gasteiger partial charge in [-0.05, 0) is 42.3 Å². The van der Waals surface area contributed by atoms with Crippen molar-refractivity contribution in [1.82, 2.24) is 5.32 Å². The molecule has 0 heterocycles. The summed E-state index contributed by atoms with van der Waals surface area (Å²) in [7, 11) is 3.24. The first-order chi connectivity index (χ1) is 12.0. The fourth-order valence-electron chi connectivity index (χ4n) is 2.51. The molecule has 2 aromatic carbocycles. The molecule has 1 amide bonds. The largest absolute Gasteiger partial charge is 0.497 e. The summed E-state index contributed by atoms with van der Waals surface area (Å²) >= 11 is 0. The highest BCUT2D eigenvalue weighted by Gasteiger charge is 2.23. The zero-order valence-corrected chi connectivity index (χ0v) is 16.4. The number of hydrogen-bond acceptors (Lipinski definition) is 4. The summed E-state index contributed by atoms with van der Waals surface area (Å²) in [6, 6.07) is 14.8. The molecule has 0 radical (unpaired) electrons. The van der Waals surface area contributed by atoms with E-state index in [4.69, 9.17) is 15.2 Å². The van der Waals surface area contributed by atoms with Crippen LogP contribution in [0.15, 0.2) is 48.5 Å². The summed E-state index contributed by atoms with van der Waals surface area (Å²) < 4.78 is 10.6. The summed E-state index contributed by atoms with van der Waals surface area (Å²) in [5.41, 5.74) is 7.74. The summed E-state index contributed by atoms with van der Waals surface area (Å²) in [6.45, 7) is 3.66. The number of ether oxygens (including phenoxy) is 2. The first-order valence-corrected chi connectivity index (χ1v) is 8.30. The van der Waals surface area contributed by atoms with Gasteiger partial charge in [-0.2, -0.15) is 0 Å². The van der Waals surface area contributed by atoms with Gasteiger partial charge in [-0.1, -0.05) is 31.2 Å². The van der Waals surface area contributed by atoms with Gasteiger partial charge < -0.3 is 20.5 Å². The third-order valence-corrected chi connectivity index (χ3v) is 4.34. The Morgan fingerprint density at radius 1 is 0.962 bits per heavy atom. The van der Waals surface area contributed by atoms with Crippen LogP contribution in [0.25, 0.3) is 0 Å². The van der Waals surface area contributed by atoms with E-state index in [0.717, 1.165) is 22.6 Å². The lowest BCUT2D eigenvalue weighted by atomic mass is 9.96. The zero-order valence-electron chi connectivity index (χ0n) is 15.6. The lowest BCUT2D eigenvalue weighted by molar-refractivity contribution is -0.125. The highest BCUT2D eigenvalue weighted by molar-refractivity contribution is 5.85. The molecular weight excluding hydrogens is 352 g/mol. The lowest BCUT2D eigenvalue weighted by Gasteiger charge is -2.24. The molecule has 26 heavy (non-hydrogen) atoms. The van der Waals surface area contributed by atoms with Crippen molar-refractivity contribution in [3.05, 3.63) is 59.7 Å². The van der Waals surface area contributed by atoms with Crippen LogP contribution in [-0.4, -0.2) is 26.2 Å². The van der Waals surface area contributed by atoms with Gasteiger partial charge in [0.25, 0.3) is 0 Å². The molecule has 0 aliphatic carbocycles. The number of nitrogens with one attached hydrogen (secondary N) is 1. The van der Waals surface area contributed by atoms with Crippen molar-refractivity contribution in [3.8, 4) is 11.5 Å². The minimum absolute atomic E-state index is 0. The Kier molecular flexibility index (Phi) is 8.42. The van der Waals surface area contributed by atoms with Crippen LogP contribution in [-0.2, 0) is 4.79 Å². The lowest BCUT2D eigenvalue weighted by Crippen LogP contribution is -2.40. The first-order valence-electron chi connectivity index (χ1n) is 8.30. The molecule has 2 atom stereocenters. The summed E-state index contributed by atoms with van der Waals surface area (Å²) in [5.74, 6) is 1.09. The van der Waals surface area contributed by atoms with Crippen LogP contribution < -0.4 is 20.5 Å². The van der Waals surface area contributed by atoms with Gasteiger partial charge in [-0.15, -0.1) is 12.4 Å². The second-order valence-corrected chi connectivity index (χ2v) is 6.14. The predicted molar refractivity (Wildman–Crippen MR) is 106 cm³/mol. The monoisotopic (exact) mass is 378 g/mol. The Hall–Kier alpha value is -2.24. The average Bonchev–Trinajstić information content (AvgIpc) is 2.65. The van der Waals surface area contributed by atoms with Crippen molar-refractivity contribution < 1.29 is 14.3 Å². The summed E-state index contributed by atoms with van der Waals surface area (Å²) in [4.78, 5) is 12.6. The van der Waals surface area contributed by atoms with Crippen LogP contribution in [0.1, 0.15) is 31.0 Å². The molecule has 6 heteroatoms. The Morgan fingerprint density at radius 2 is 1.42 bits per heavy atom. The van der Waals surface area contributed by atoms with Crippen LogP contribution in [0.2, 0.25) is 0 Å². The van der Waals surface area contributed by atoms with E-state index in [2.05, 4.69) is 5.32 Å². The maximum atomic E-state index is 12.6. The van der Waals surface area contributed by atoms with E-state index in [1.807, 2.05) is 62.4 Å². The highest BCUT2D eigenvalue weighted by atomic mass is 35.5. The van der Waals surface area contributed by atoms with E-state index in [-0.39, 0.29) is 36.3 Å². The van der Waals surface area contributed by atoms with Gasteiger partial charge in [0.2, 0.25) is 5.91 Å². The van der Waals surface area contributed by atoms with Crippen molar-refractivity contribution in [2.24, 2.45) is 11.7 Å². The van der Waals surface area contributed by atoms with Crippen molar-refractivity contribution in [2.75, 3.05) is 14.2 Å². The molecule has 0 aliphatic heterocycles. The molecule has 2 rings (SSSR count). The van der Waals surface area contributed by atoms with Crippen molar-refractivity contribution >= 4 is 18.3 Å². The van der Waals surface area contributed by atoms with E-state index < -0.39 is 0 Å². The van der Waals surface area contributed by atoms with E-state index in [1.54, 1.807) is 14.2 Å². The number of methoxy groups -OCH3 is 2. The molecule has 142 valence electrons. The molecule has 3 N–H and O–H groups in total. The molecule has 0 fully saturated rings. The number of hydrogen-bond donors (Lipinski definition) is 2. The Labute approximate surface area is 161 Å². The van der Waals surface area contributed by atoms with Gasteiger partial charge in [0.05, 0.1) is 20.3 Å². The quantitative estimate of drug-likeness (QED) is 0.775. The number of carbonyl (C=O) groups excluding carboxylic acids is 1. The van der Waals surface area contributed by atoms with Crippen LogP contribution in [0, 0.1) is 5.92 Å². The molecule has 2 aromatic rings. The fraction of sp³-hybridized carbons (Fsp3) is 0.350. The minimum atomic E-state index is -0.320. The number of nitrogens with two attached hydrogens (primary N) is 1. The van der Waals surface area contributed by atoms with Gasteiger partial charge in [0.15, 0.2) is 0 Å². The number of rotatable bonds is 7. The van der Waals surface area contributed by atoms with Crippen molar-refractivity contribution in [2.45, 2.75) is 25.9 Å². The molecular formula is C20H27ClN2O3. The van der Waals surface area contributed by atoms with Gasteiger partial charge in [0, 0.05) is 12.0 Å². The van der Waals surface area contributed by atoms with E-state index in [9.17, 15) is 4.79 Å². The molecule has 2 unspecified atom stereocenters. The average molecular weight is 379 g/mol. The third-order valence-electron chi connectivity index (χ3n) is 4.34. The Morgan fingerprint density at radius 3 is 1.81 bits per heavy atom.